The molecule has 4 heterocycles. The fourth-order valence-corrected chi connectivity index (χ4v) is 6.65. The van der Waals surface area contributed by atoms with Gasteiger partial charge < -0.3 is 38.2 Å². The predicted octanol–water partition coefficient (Wildman–Crippen LogP) is 5.08. The van der Waals surface area contributed by atoms with E-state index in [-0.39, 0.29) is 42.0 Å². The first-order valence-electron chi connectivity index (χ1n) is 17.1. The lowest BCUT2D eigenvalue weighted by Crippen LogP contribution is -2.50. The molecule has 1 fully saturated rings. The van der Waals surface area contributed by atoms with Crippen LogP contribution >= 0.6 is 0 Å². The number of hydrogen-bond donors (Lipinski definition) is 0. The number of anilines is 1. The van der Waals surface area contributed by atoms with Crippen molar-refractivity contribution in [2.24, 2.45) is 0 Å². The van der Waals surface area contributed by atoms with Crippen LogP contribution in [0.4, 0.5) is 15.0 Å². The Kier molecular flexibility index (Phi) is 9.87. The van der Waals surface area contributed by atoms with Crippen LogP contribution in [-0.2, 0) is 17.9 Å². The lowest BCUT2D eigenvalue weighted by atomic mass is 10.2. The number of nitrogens with zero attached hydrogens (tertiary/aromatic N) is 6. The van der Waals surface area contributed by atoms with Crippen molar-refractivity contribution in [3.05, 3.63) is 75.5 Å². The van der Waals surface area contributed by atoms with Gasteiger partial charge in [-0.15, -0.1) is 5.10 Å². The van der Waals surface area contributed by atoms with Crippen LogP contribution in [0.25, 0.3) is 10.9 Å². The summed E-state index contributed by atoms with van der Waals surface area (Å²) in [4.78, 5) is 46.6. The number of carbonyl (C=O) groups is 2. The Morgan fingerprint density at radius 2 is 1.71 bits per heavy atom. The highest BCUT2D eigenvalue weighted by molar-refractivity contribution is 6.07. The number of carbonyl (C=O) groups excluding carboxylic acids is 2. The number of piperazine rings is 1. The van der Waals surface area contributed by atoms with E-state index in [1.54, 1.807) is 23.0 Å². The summed E-state index contributed by atoms with van der Waals surface area (Å²) < 4.78 is 40.6. The third kappa shape index (κ3) is 7.04. The van der Waals surface area contributed by atoms with Crippen molar-refractivity contribution in [3.63, 3.8) is 0 Å². The van der Waals surface area contributed by atoms with Crippen LogP contribution in [0.3, 0.4) is 0 Å². The predicted molar refractivity (Wildman–Crippen MR) is 190 cm³/mol. The summed E-state index contributed by atoms with van der Waals surface area (Å²) in [6, 6.07) is 11.3. The summed E-state index contributed by atoms with van der Waals surface area (Å²) in [5, 5.41) is 5.16. The highest BCUT2D eigenvalue weighted by atomic mass is 19.1. The second-order valence-corrected chi connectivity index (χ2v) is 13.8. The van der Waals surface area contributed by atoms with Crippen LogP contribution < -0.4 is 24.7 Å². The molecule has 0 saturated carbocycles. The smallest absolute Gasteiger partial charge is 0.410 e. The zero-order valence-electron chi connectivity index (χ0n) is 30.2. The average Bonchev–Trinajstić information content (AvgIpc) is 3.47. The molecule has 14 heteroatoms. The number of aromatic nitrogens is 3. The van der Waals surface area contributed by atoms with E-state index in [0.29, 0.717) is 67.6 Å². The van der Waals surface area contributed by atoms with Gasteiger partial charge in [0.15, 0.2) is 17.3 Å². The Bertz CT molecular complexity index is 1990. The van der Waals surface area contributed by atoms with Crippen molar-refractivity contribution in [2.75, 3.05) is 58.4 Å². The molecule has 0 aliphatic carbocycles. The normalized spacial score (nSPS) is 16.4. The molecular weight excluding hydrogens is 659 g/mol. The van der Waals surface area contributed by atoms with Crippen LogP contribution in [0.15, 0.2) is 47.3 Å². The summed E-state index contributed by atoms with van der Waals surface area (Å²) in [6.45, 7) is 12.0. The number of fused-ring (bicyclic) bond motifs is 3. The van der Waals surface area contributed by atoms with Crippen LogP contribution in [0.2, 0.25) is 0 Å². The lowest BCUT2D eigenvalue weighted by molar-refractivity contribution is 0.0240. The summed E-state index contributed by atoms with van der Waals surface area (Å²) in [5.74, 6) is 0.905. The highest BCUT2D eigenvalue weighted by Gasteiger charge is 2.39. The third-order valence-corrected chi connectivity index (χ3v) is 9.17. The molecule has 2 aliphatic rings. The number of hydrogen-bond acceptors (Lipinski definition) is 9. The molecule has 13 nitrogen and oxygen atoms in total. The third-order valence-electron chi connectivity index (χ3n) is 9.17. The topological polar surface area (TPSA) is 121 Å². The molecule has 1 saturated heterocycles. The molecule has 2 aliphatic heterocycles. The van der Waals surface area contributed by atoms with Gasteiger partial charge in [-0.05, 0) is 58.4 Å². The summed E-state index contributed by atoms with van der Waals surface area (Å²) in [6.07, 6.45) is -0.399. The van der Waals surface area contributed by atoms with Crippen LogP contribution in [-0.4, -0.2) is 95.2 Å². The molecule has 2 amide bonds. The molecule has 4 aromatic rings. The number of ether oxygens (including phenoxy) is 4. The van der Waals surface area contributed by atoms with Gasteiger partial charge in [0.2, 0.25) is 0 Å². The van der Waals surface area contributed by atoms with E-state index in [9.17, 15) is 18.8 Å². The van der Waals surface area contributed by atoms with Gasteiger partial charge in [0.25, 0.3) is 11.5 Å². The molecule has 0 radical (unpaired) electrons. The second-order valence-electron chi connectivity index (χ2n) is 13.8. The van der Waals surface area contributed by atoms with Crippen molar-refractivity contribution >= 4 is 28.7 Å². The van der Waals surface area contributed by atoms with Crippen molar-refractivity contribution in [3.8, 4) is 17.2 Å². The Morgan fingerprint density at radius 1 is 1.00 bits per heavy atom. The van der Waals surface area contributed by atoms with Crippen molar-refractivity contribution in [2.45, 2.75) is 59.4 Å². The fraction of sp³-hybridized carbons (Fsp3) is 0.459. The molecule has 2 aromatic heterocycles. The number of halogens is 1. The summed E-state index contributed by atoms with van der Waals surface area (Å²) in [5.41, 5.74) is 1.08. The first-order valence-corrected chi connectivity index (χ1v) is 17.1. The van der Waals surface area contributed by atoms with E-state index in [0.717, 1.165) is 5.56 Å². The maximum absolute atomic E-state index is 14.6. The zero-order chi connectivity index (χ0) is 36.6. The molecule has 1 unspecified atom stereocenters. The van der Waals surface area contributed by atoms with Gasteiger partial charge in [0.1, 0.15) is 40.4 Å². The van der Waals surface area contributed by atoms with Crippen molar-refractivity contribution in [1.29, 1.82) is 0 Å². The molecule has 2 aromatic carbocycles. The number of methoxy groups -OCH3 is 2. The number of amides is 2. The van der Waals surface area contributed by atoms with Crippen molar-refractivity contribution < 1.29 is 32.9 Å². The van der Waals surface area contributed by atoms with E-state index in [2.05, 4.69) is 0 Å². The Morgan fingerprint density at radius 3 is 2.33 bits per heavy atom. The van der Waals surface area contributed by atoms with Gasteiger partial charge in [-0.25, -0.2) is 13.9 Å². The minimum Gasteiger partial charge on any atom is -0.497 e. The maximum Gasteiger partial charge on any atom is 0.410 e. The first-order chi connectivity index (χ1) is 24.3. The van der Waals surface area contributed by atoms with Gasteiger partial charge in [0.05, 0.1) is 20.8 Å². The molecule has 0 bridgehead atoms. The van der Waals surface area contributed by atoms with Gasteiger partial charge in [-0.1, -0.05) is 18.2 Å². The quantitative estimate of drug-likeness (QED) is 0.235. The van der Waals surface area contributed by atoms with Crippen LogP contribution in [0.5, 0.6) is 17.2 Å². The van der Waals surface area contributed by atoms with Crippen molar-refractivity contribution in [1.82, 2.24) is 24.1 Å². The number of likely N-dealkylation sites (N-methyl/N-ethyl adjacent to an activating group) is 1. The van der Waals surface area contributed by atoms with Gasteiger partial charge in [-0.3, -0.25) is 9.59 Å². The molecule has 1 atom stereocenters. The highest BCUT2D eigenvalue weighted by Crippen LogP contribution is 2.41. The number of rotatable bonds is 9. The second kappa shape index (κ2) is 14.2. The van der Waals surface area contributed by atoms with Gasteiger partial charge in [-0.2, -0.15) is 0 Å². The van der Waals surface area contributed by atoms with E-state index in [1.807, 2.05) is 68.4 Å². The SMILES string of the molecule is CCN1CC(C)n2c(c(OC)c3c(=O)n(Cc4ccc(F)cc4OCc4ccc(OC)cc4)nc(N4CCN(C(=O)OC(C)(C)C)CC4)c32)C1=O. The molecule has 0 N–H and O–H groups in total. The average molecular weight is 705 g/mol. The molecular formula is C37H45FN6O7. The zero-order valence-corrected chi connectivity index (χ0v) is 30.2. The first kappa shape index (κ1) is 35.6. The van der Waals surface area contributed by atoms with E-state index >= 15 is 0 Å². The maximum atomic E-state index is 14.6. The van der Waals surface area contributed by atoms with Crippen LogP contribution in [0.1, 0.15) is 62.3 Å². The molecule has 51 heavy (non-hydrogen) atoms. The molecule has 272 valence electrons. The Labute approximate surface area is 296 Å². The van der Waals surface area contributed by atoms with E-state index in [4.69, 9.17) is 24.0 Å². The van der Waals surface area contributed by atoms with Gasteiger partial charge >= 0.3 is 6.09 Å². The Hall–Kier alpha value is -5.27. The van der Waals surface area contributed by atoms with E-state index < -0.39 is 23.1 Å². The summed E-state index contributed by atoms with van der Waals surface area (Å²) in [7, 11) is 3.04. The standard InChI is InChI=1S/C37H45FN6O7/c1-8-40-20-23(2)44-30-29(32(49-7)31(44)35(40)46)34(45)43(39-33(30)41-15-17-42(18-16-41)36(47)51-37(3,4)5)21-25-11-12-26(38)19-28(25)50-22-24-9-13-27(48-6)14-10-24/h9-14,19,23H,8,15-18,20-22H2,1-7H3. The molecule has 6 rings (SSSR count). The number of benzene rings is 2. The fourth-order valence-electron chi connectivity index (χ4n) is 6.65. The van der Waals surface area contributed by atoms with Crippen LogP contribution in [0, 0.1) is 5.82 Å². The minimum absolute atomic E-state index is 0.0495. The minimum atomic E-state index is -0.633. The Balaban J connectivity index is 1.43. The largest absolute Gasteiger partial charge is 0.497 e. The molecule has 0 spiro atoms. The summed E-state index contributed by atoms with van der Waals surface area (Å²) >= 11 is 0. The lowest BCUT2D eigenvalue weighted by Gasteiger charge is -2.37. The van der Waals surface area contributed by atoms with E-state index in [1.165, 1.54) is 23.9 Å². The van der Waals surface area contributed by atoms with Gasteiger partial charge in [0, 0.05) is 56.9 Å². The monoisotopic (exact) mass is 704 g/mol.